The van der Waals surface area contributed by atoms with E-state index in [-0.39, 0.29) is 10.8 Å². The first-order chi connectivity index (χ1) is 12.3. The van der Waals surface area contributed by atoms with Crippen molar-refractivity contribution in [2.75, 3.05) is 13.1 Å². The number of carbonyl (C=O) groups is 1. The molecule has 8 heteroatoms. The summed E-state index contributed by atoms with van der Waals surface area (Å²) in [5.41, 5.74) is 1.15. The fourth-order valence-corrected chi connectivity index (χ4v) is 5.68. The molecule has 140 valence electrons. The first-order valence-electron chi connectivity index (χ1n) is 8.69. The summed E-state index contributed by atoms with van der Waals surface area (Å²) < 4.78 is 29.7. The van der Waals surface area contributed by atoms with Crippen LogP contribution in [0.5, 0.6) is 0 Å². The summed E-state index contributed by atoms with van der Waals surface area (Å²) in [6.07, 6.45) is 3.82. The Morgan fingerprint density at radius 1 is 1.08 bits per heavy atom. The summed E-state index contributed by atoms with van der Waals surface area (Å²) in [7, 11) is -3.67. The molecule has 0 radical (unpaired) electrons. The zero-order valence-corrected chi connectivity index (χ0v) is 17.3. The van der Waals surface area contributed by atoms with Crippen LogP contribution in [0.1, 0.15) is 47.4 Å². The molecule has 0 aliphatic carbocycles. The topological polar surface area (TPSA) is 72.3 Å². The van der Waals surface area contributed by atoms with Gasteiger partial charge in [-0.05, 0) is 54.8 Å². The highest BCUT2D eigenvalue weighted by molar-refractivity contribution is 9.10. The second kappa shape index (κ2) is 7.62. The van der Waals surface area contributed by atoms with Gasteiger partial charge in [-0.15, -0.1) is 0 Å². The van der Waals surface area contributed by atoms with Gasteiger partial charge in [0.2, 0.25) is 10.0 Å². The van der Waals surface area contributed by atoms with Crippen LogP contribution in [0, 0.1) is 13.8 Å². The standard InChI is InChI=1S/C18H22BrN3O3S/c1-13-17(26(24,25)21-11-7-3-4-8-12-21)14(2)22(20-13)18(23)15-9-5-6-10-16(15)19/h5-6,9-10H,3-4,7-8,11-12H2,1-2H3. The molecule has 1 fully saturated rings. The molecule has 26 heavy (non-hydrogen) atoms. The van der Waals surface area contributed by atoms with Crippen molar-refractivity contribution in [3.8, 4) is 0 Å². The van der Waals surface area contributed by atoms with Gasteiger partial charge >= 0.3 is 0 Å². The smallest absolute Gasteiger partial charge is 0.267 e. The van der Waals surface area contributed by atoms with Crippen molar-refractivity contribution in [1.29, 1.82) is 0 Å². The highest BCUT2D eigenvalue weighted by Gasteiger charge is 2.32. The molecule has 1 aliphatic heterocycles. The minimum Gasteiger partial charge on any atom is -0.267 e. The average molecular weight is 440 g/mol. The molecule has 0 N–H and O–H groups in total. The number of hydrogen-bond donors (Lipinski definition) is 0. The number of halogens is 1. The number of benzene rings is 1. The highest BCUT2D eigenvalue weighted by atomic mass is 79.9. The van der Waals surface area contributed by atoms with Gasteiger partial charge in [0.25, 0.3) is 5.91 Å². The van der Waals surface area contributed by atoms with Crippen molar-refractivity contribution >= 4 is 31.9 Å². The van der Waals surface area contributed by atoms with Crippen LogP contribution in [0.4, 0.5) is 0 Å². The number of aryl methyl sites for hydroxylation is 1. The van der Waals surface area contributed by atoms with Crippen molar-refractivity contribution in [2.24, 2.45) is 0 Å². The Labute approximate surface area is 162 Å². The third-order valence-electron chi connectivity index (χ3n) is 4.68. The van der Waals surface area contributed by atoms with E-state index in [4.69, 9.17) is 0 Å². The van der Waals surface area contributed by atoms with Crippen LogP contribution in [0.15, 0.2) is 33.6 Å². The summed E-state index contributed by atoms with van der Waals surface area (Å²) >= 11 is 3.37. The predicted octanol–water partition coefficient (Wildman–Crippen LogP) is 3.52. The molecule has 0 atom stereocenters. The second-order valence-electron chi connectivity index (χ2n) is 6.52. The third-order valence-corrected chi connectivity index (χ3v) is 7.53. The number of hydrogen-bond acceptors (Lipinski definition) is 4. The van der Waals surface area contributed by atoms with Gasteiger partial charge < -0.3 is 0 Å². The molecule has 6 nitrogen and oxygen atoms in total. The van der Waals surface area contributed by atoms with Crippen LogP contribution in [0.3, 0.4) is 0 Å². The van der Waals surface area contributed by atoms with Crippen LogP contribution in [-0.2, 0) is 10.0 Å². The van der Waals surface area contributed by atoms with Crippen LogP contribution in [0.25, 0.3) is 0 Å². The molecule has 0 unspecified atom stereocenters. The van der Waals surface area contributed by atoms with Crippen molar-refractivity contribution in [2.45, 2.75) is 44.4 Å². The Kier molecular flexibility index (Phi) is 5.64. The second-order valence-corrected chi connectivity index (χ2v) is 9.24. The summed E-state index contributed by atoms with van der Waals surface area (Å²) in [6, 6.07) is 7.04. The third kappa shape index (κ3) is 3.50. The Morgan fingerprint density at radius 2 is 1.69 bits per heavy atom. The molecule has 1 aromatic heterocycles. The quantitative estimate of drug-likeness (QED) is 0.732. The summed E-state index contributed by atoms with van der Waals surface area (Å²) in [5, 5.41) is 4.25. The van der Waals surface area contributed by atoms with E-state index in [1.54, 1.807) is 32.0 Å². The lowest BCUT2D eigenvalue weighted by atomic mass is 10.2. The van der Waals surface area contributed by atoms with Crippen LogP contribution in [-0.4, -0.2) is 41.5 Å². The number of carbonyl (C=O) groups excluding carboxylic acids is 1. The normalized spacial score (nSPS) is 16.4. The fraction of sp³-hybridized carbons (Fsp3) is 0.444. The molecule has 1 aromatic carbocycles. The Balaban J connectivity index is 2.03. The first-order valence-corrected chi connectivity index (χ1v) is 10.9. The lowest BCUT2D eigenvalue weighted by Crippen LogP contribution is -2.32. The summed E-state index contributed by atoms with van der Waals surface area (Å²) in [6.45, 7) is 4.32. The highest BCUT2D eigenvalue weighted by Crippen LogP contribution is 2.27. The predicted molar refractivity (Wildman–Crippen MR) is 103 cm³/mol. The zero-order valence-electron chi connectivity index (χ0n) is 14.9. The number of rotatable bonds is 3. The van der Waals surface area contributed by atoms with E-state index < -0.39 is 10.0 Å². The fourth-order valence-electron chi connectivity index (χ4n) is 3.36. The van der Waals surface area contributed by atoms with E-state index in [2.05, 4.69) is 21.0 Å². The van der Waals surface area contributed by atoms with Gasteiger partial charge in [-0.25, -0.2) is 8.42 Å². The maximum Gasteiger partial charge on any atom is 0.279 e. The number of sulfonamides is 1. The first kappa shape index (κ1) is 19.3. The van der Waals surface area contributed by atoms with Crippen molar-refractivity contribution < 1.29 is 13.2 Å². The van der Waals surface area contributed by atoms with Gasteiger partial charge in [0.15, 0.2) is 0 Å². The lowest BCUT2D eigenvalue weighted by Gasteiger charge is -2.20. The van der Waals surface area contributed by atoms with Crippen LogP contribution in [0.2, 0.25) is 0 Å². The summed E-state index contributed by atoms with van der Waals surface area (Å²) in [5.74, 6) is -0.351. The van der Waals surface area contributed by atoms with E-state index in [0.717, 1.165) is 25.7 Å². The molecule has 2 aromatic rings. The minimum absolute atomic E-state index is 0.153. The molecule has 3 rings (SSSR count). The molecular formula is C18H22BrN3O3S. The molecule has 1 aliphatic rings. The van der Waals surface area contributed by atoms with Gasteiger partial charge in [-0.3, -0.25) is 4.79 Å². The van der Waals surface area contributed by atoms with Crippen molar-refractivity contribution in [1.82, 2.24) is 14.1 Å². The van der Waals surface area contributed by atoms with Gasteiger partial charge in [-0.2, -0.15) is 14.1 Å². The monoisotopic (exact) mass is 439 g/mol. The average Bonchev–Trinajstić information content (AvgIpc) is 2.79. The molecule has 2 heterocycles. The molecule has 0 amide bonds. The van der Waals surface area contributed by atoms with Crippen molar-refractivity contribution in [3.63, 3.8) is 0 Å². The molecule has 0 spiro atoms. The van der Waals surface area contributed by atoms with E-state index in [0.29, 0.717) is 34.5 Å². The van der Waals surface area contributed by atoms with Crippen LogP contribution < -0.4 is 0 Å². The van der Waals surface area contributed by atoms with Gasteiger partial charge in [0, 0.05) is 17.6 Å². The largest absolute Gasteiger partial charge is 0.279 e. The Bertz CT molecular complexity index is 929. The SMILES string of the molecule is Cc1nn(C(=O)c2ccccc2Br)c(C)c1S(=O)(=O)N1CCCCCC1. The Morgan fingerprint density at radius 3 is 2.31 bits per heavy atom. The van der Waals surface area contributed by atoms with Gasteiger partial charge in [0.1, 0.15) is 4.90 Å². The molecule has 0 bridgehead atoms. The van der Waals surface area contributed by atoms with Gasteiger partial charge in [-0.1, -0.05) is 25.0 Å². The maximum atomic E-state index is 13.2. The molecular weight excluding hydrogens is 418 g/mol. The van der Waals surface area contributed by atoms with Gasteiger partial charge in [0.05, 0.1) is 17.0 Å². The number of nitrogens with zero attached hydrogens (tertiary/aromatic N) is 3. The van der Waals surface area contributed by atoms with E-state index in [9.17, 15) is 13.2 Å². The maximum absolute atomic E-state index is 13.2. The van der Waals surface area contributed by atoms with E-state index >= 15 is 0 Å². The molecule has 0 saturated carbocycles. The van der Waals surface area contributed by atoms with E-state index in [1.807, 2.05) is 6.07 Å². The Hall–Kier alpha value is -1.51. The van der Waals surface area contributed by atoms with E-state index in [1.165, 1.54) is 8.99 Å². The molecule has 1 saturated heterocycles. The minimum atomic E-state index is -3.67. The lowest BCUT2D eigenvalue weighted by molar-refractivity contribution is 0.0941. The van der Waals surface area contributed by atoms with Crippen LogP contribution >= 0.6 is 15.9 Å². The number of aromatic nitrogens is 2. The summed E-state index contributed by atoms with van der Waals surface area (Å²) in [4.78, 5) is 13.0. The zero-order chi connectivity index (χ0) is 18.9. The van der Waals surface area contributed by atoms with Crippen molar-refractivity contribution in [3.05, 3.63) is 45.7 Å².